The van der Waals surface area contributed by atoms with Crippen LogP contribution >= 0.6 is 11.6 Å². The minimum absolute atomic E-state index is 0.175. The summed E-state index contributed by atoms with van der Waals surface area (Å²) in [6.45, 7) is 0. The van der Waals surface area contributed by atoms with E-state index in [0.717, 1.165) is 0 Å². The van der Waals surface area contributed by atoms with Crippen LogP contribution in [0.15, 0.2) is 96.6 Å². The molecule has 1 amide bonds. The molecule has 0 atom stereocenters. The first-order valence-corrected chi connectivity index (χ1v) is 12.1. The van der Waals surface area contributed by atoms with Gasteiger partial charge >= 0.3 is 5.97 Å². The first kappa shape index (κ1) is 25.3. The van der Waals surface area contributed by atoms with Crippen LogP contribution in [0.2, 0.25) is 5.02 Å². The molecule has 8 heteroatoms. The number of benzene rings is 4. The predicted octanol–water partition coefficient (Wildman–Crippen LogP) is 5.88. The second-order valence-corrected chi connectivity index (χ2v) is 8.99. The van der Waals surface area contributed by atoms with E-state index in [9.17, 15) is 24.4 Å². The van der Waals surface area contributed by atoms with Gasteiger partial charge in [-0.25, -0.2) is 4.79 Å². The Morgan fingerprint density at radius 3 is 2.15 bits per heavy atom. The normalized spacial score (nSPS) is 12.2. The molecule has 0 radical (unpaired) electrons. The Hall–Kier alpha value is -5.32. The number of anilines is 1. The van der Waals surface area contributed by atoms with Gasteiger partial charge in [0, 0.05) is 33.0 Å². The maximum absolute atomic E-state index is 13.0. The van der Waals surface area contributed by atoms with Crippen LogP contribution in [-0.2, 0) is 4.79 Å². The summed E-state index contributed by atoms with van der Waals surface area (Å²) in [5.74, 6) is -1.67. The molecular weight excluding hydrogens is 516 g/mol. The molecule has 1 aliphatic rings. The maximum Gasteiger partial charge on any atom is 0.343 e. The molecule has 4 aromatic rings. The number of carbonyl (C=O) groups is 4. The minimum atomic E-state index is -0.712. The van der Waals surface area contributed by atoms with Gasteiger partial charge < -0.3 is 10.1 Å². The summed E-state index contributed by atoms with van der Waals surface area (Å²) in [7, 11) is 0. The van der Waals surface area contributed by atoms with Crippen molar-refractivity contribution in [1.82, 2.24) is 0 Å². The fourth-order valence-electron chi connectivity index (χ4n) is 4.11. The van der Waals surface area contributed by atoms with Crippen LogP contribution in [0.25, 0.3) is 6.08 Å². The SMILES string of the molecule is N#CC(=Cc1cccc(OC(=O)c2ccc(Cl)cc2)c1)C(=O)Nc1ccc2c(c1)C(=O)c1ccccc1C2=O. The Morgan fingerprint density at radius 1 is 0.795 bits per heavy atom. The van der Waals surface area contributed by atoms with Crippen LogP contribution in [0.4, 0.5) is 5.69 Å². The van der Waals surface area contributed by atoms with Crippen molar-refractivity contribution in [2.75, 3.05) is 5.32 Å². The summed E-state index contributed by atoms with van der Waals surface area (Å²) in [6.07, 6.45) is 1.35. The van der Waals surface area contributed by atoms with E-state index >= 15 is 0 Å². The summed E-state index contributed by atoms with van der Waals surface area (Å²) >= 11 is 5.85. The topological polar surface area (TPSA) is 113 Å². The van der Waals surface area contributed by atoms with Gasteiger partial charge in [0.05, 0.1) is 5.56 Å². The van der Waals surface area contributed by atoms with Gasteiger partial charge in [-0.2, -0.15) is 5.26 Å². The lowest BCUT2D eigenvalue weighted by atomic mass is 9.84. The van der Waals surface area contributed by atoms with E-state index in [1.807, 2.05) is 6.07 Å². The lowest BCUT2D eigenvalue weighted by Gasteiger charge is -2.18. The molecule has 0 aliphatic heterocycles. The molecule has 5 rings (SSSR count). The van der Waals surface area contributed by atoms with E-state index in [4.69, 9.17) is 16.3 Å². The number of ether oxygens (including phenoxy) is 1. The Kier molecular flexibility index (Phi) is 6.87. The van der Waals surface area contributed by atoms with Gasteiger partial charge in [-0.05, 0) is 66.2 Å². The largest absolute Gasteiger partial charge is 0.423 e. The molecular formula is C31H17ClN2O5. The molecule has 39 heavy (non-hydrogen) atoms. The highest BCUT2D eigenvalue weighted by molar-refractivity contribution is 6.30. The molecule has 0 unspecified atom stereocenters. The maximum atomic E-state index is 13.0. The van der Waals surface area contributed by atoms with Crippen molar-refractivity contribution in [3.63, 3.8) is 0 Å². The van der Waals surface area contributed by atoms with Gasteiger partial charge in [0.2, 0.25) is 0 Å². The zero-order valence-electron chi connectivity index (χ0n) is 20.1. The highest BCUT2D eigenvalue weighted by Crippen LogP contribution is 2.29. The van der Waals surface area contributed by atoms with Crippen LogP contribution in [-0.4, -0.2) is 23.4 Å². The van der Waals surface area contributed by atoms with Crippen LogP contribution < -0.4 is 10.1 Å². The minimum Gasteiger partial charge on any atom is -0.423 e. The molecule has 0 bridgehead atoms. The molecule has 0 fully saturated rings. The molecule has 7 nitrogen and oxygen atoms in total. The second kappa shape index (κ2) is 10.6. The average Bonchev–Trinajstić information content (AvgIpc) is 2.95. The van der Waals surface area contributed by atoms with Gasteiger partial charge in [0.1, 0.15) is 17.4 Å². The van der Waals surface area contributed by atoms with Gasteiger partial charge in [-0.15, -0.1) is 0 Å². The molecule has 4 aromatic carbocycles. The van der Waals surface area contributed by atoms with Crippen molar-refractivity contribution in [3.05, 3.63) is 135 Å². The number of hydrogen-bond donors (Lipinski definition) is 1. The van der Waals surface area contributed by atoms with Gasteiger partial charge in [0.25, 0.3) is 5.91 Å². The average molecular weight is 533 g/mol. The summed E-state index contributed by atoms with van der Waals surface area (Å²) in [5.41, 5.74) is 1.85. The number of nitriles is 1. The fourth-order valence-corrected chi connectivity index (χ4v) is 4.24. The Balaban J connectivity index is 1.34. The first-order chi connectivity index (χ1) is 18.8. The van der Waals surface area contributed by atoms with E-state index in [1.54, 1.807) is 54.6 Å². The zero-order chi connectivity index (χ0) is 27.5. The van der Waals surface area contributed by atoms with Gasteiger partial charge in [-0.1, -0.05) is 48.0 Å². The number of ketones is 2. The van der Waals surface area contributed by atoms with E-state index in [1.165, 1.54) is 42.5 Å². The number of esters is 1. The standard InChI is InChI=1S/C31H17ClN2O5/c32-21-10-8-19(9-11-21)31(38)39-23-5-3-4-18(15-23)14-20(17-33)30(37)34-22-12-13-26-27(16-22)29(36)25-7-2-1-6-24(25)28(26)35/h1-16H,(H,34,37). The van der Waals surface area contributed by atoms with Crippen LogP contribution in [0, 0.1) is 11.3 Å². The highest BCUT2D eigenvalue weighted by atomic mass is 35.5. The van der Waals surface area contributed by atoms with Crippen LogP contribution in [0.3, 0.4) is 0 Å². The van der Waals surface area contributed by atoms with Crippen molar-refractivity contribution in [3.8, 4) is 11.8 Å². The lowest BCUT2D eigenvalue weighted by molar-refractivity contribution is -0.112. The fraction of sp³-hybridized carbons (Fsp3) is 0. The van der Waals surface area contributed by atoms with Crippen molar-refractivity contribution in [2.45, 2.75) is 0 Å². The monoisotopic (exact) mass is 532 g/mol. The molecule has 0 heterocycles. The zero-order valence-corrected chi connectivity index (χ0v) is 20.9. The molecule has 1 N–H and O–H groups in total. The number of fused-ring (bicyclic) bond motifs is 2. The van der Waals surface area contributed by atoms with Gasteiger partial charge in [-0.3, -0.25) is 14.4 Å². The van der Waals surface area contributed by atoms with Gasteiger partial charge in [0.15, 0.2) is 11.6 Å². The third-order valence-corrected chi connectivity index (χ3v) is 6.26. The lowest BCUT2D eigenvalue weighted by Crippen LogP contribution is -2.21. The number of nitrogens with zero attached hydrogens (tertiary/aromatic N) is 1. The number of amides is 1. The summed E-state index contributed by atoms with van der Waals surface area (Å²) in [5, 5.41) is 12.7. The number of halogens is 1. The van der Waals surface area contributed by atoms with Crippen LogP contribution in [0.1, 0.15) is 47.8 Å². The summed E-state index contributed by atoms with van der Waals surface area (Å²) in [4.78, 5) is 51.1. The number of hydrogen-bond acceptors (Lipinski definition) is 6. The Morgan fingerprint density at radius 2 is 1.46 bits per heavy atom. The number of rotatable bonds is 5. The van der Waals surface area contributed by atoms with Crippen LogP contribution in [0.5, 0.6) is 5.75 Å². The third-order valence-electron chi connectivity index (χ3n) is 6.01. The molecule has 0 saturated heterocycles. The first-order valence-electron chi connectivity index (χ1n) is 11.7. The Labute approximate surface area is 227 Å². The molecule has 0 saturated carbocycles. The molecule has 188 valence electrons. The molecule has 1 aliphatic carbocycles. The second-order valence-electron chi connectivity index (χ2n) is 8.56. The van der Waals surface area contributed by atoms with E-state index in [-0.39, 0.29) is 39.7 Å². The highest BCUT2D eigenvalue weighted by Gasteiger charge is 2.29. The molecule has 0 spiro atoms. The quantitative estimate of drug-likeness (QED) is 0.131. The summed E-state index contributed by atoms with van der Waals surface area (Å²) < 4.78 is 5.39. The smallest absolute Gasteiger partial charge is 0.343 e. The predicted molar refractivity (Wildman–Crippen MR) is 145 cm³/mol. The van der Waals surface area contributed by atoms with Crippen molar-refractivity contribution >= 4 is 46.8 Å². The third kappa shape index (κ3) is 5.23. The number of carbonyl (C=O) groups excluding carboxylic acids is 4. The Bertz CT molecular complexity index is 1750. The van der Waals surface area contributed by atoms with Crippen molar-refractivity contribution in [1.29, 1.82) is 5.26 Å². The molecule has 0 aromatic heterocycles. The number of nitrogens with one attached hydrogen (secondary N) is 1. The van der Waals surface area contributed by atoms with E-state index in [0.29, 0.717) is 27.3 Å². The van der Waals surface area contributed by atoms with Crippen molar-refractivity contribution < 1.29 is 23.9 Å². The van der Waals surface area contributed by atoms with E-state index in [2.05, 4.69) is 5.32 Å². The van der Waals surface area contributed by atoms with E-state index < -0.39 is 11.9 Å². The summed E-state index contributed by atoms with van der Waals surface area (Å²) in [6, 6.07) is 25.4. The van der Waals surface area contributed by atoms with Crippen molar-refractivity contribution in [2.24, 2.45) is 0 Å².